The monoisotopic (exact) mass is 386 g/mol. The third-order valence-corrected chi connectivity index (χ3v) is 4.32. The molecule has 2 aromatic heterocycles. The van der Waals surface area contributed by atoms with E-state index in [9.17, 15) is 14.4 Å². The van der Waals surface area contributed by atoms with Gasteiger partial charge in [0.05, 0.1) is 11.1 Å². The summed E-state index contributed by atoms with van der Waals surface area (Å²) in [6, 6.07) is 11.2. The minimum atomic E-state index is -0.491. The fourth-order valence-electron chi connectivity index (χ4n) is 2.96. The first kappa shape index (κ1) is 19.9. The zero-order valence-electron chi connectivity index (χ0n) is 15.9. The second-order valence-electron chi connectivity index (χ2n) is 6.56. The zero-order chi connectivity index (χ0) is 20.8. The molecule has 2 heterocycles. The lowest BCUT2D eigenvalue weighted by atomic mass is 10.0. The molecule has 1 amide bonds. The van der Waals surface area contributed by atoms with Gasteiger partial charge in [0.25, 0.3) is 5.91 Å². The summed E-state index contributed by atoms with van der Waals surface area (Å²) < 4.78 is 13.0. The Kier molecular flexibility index (Phi) is 6.10. The molecule has 5 nitrogen and oxygen atoms in total. The van der Waals surface area contributed by atoms with Crippen LogP contribution < -0.4 is 5.32 Å². The summed E-state index contributed by atoms with van der Waals surface area (Å²) in [4.78, 5) is 20.9. The molecule has 0 bridgehead atoms. The van der Waals surface area contributed by atoms with Crippen LogP contribution in [0.4, 0.5) is 4.39 Å². The SMILES string of the molecule is C=C/C(F)=C/CNC(=O)c1ccnc(Cc2cc(C#N)c3ncc(C)cc3c2)c1. The Hall–Kier alpha value is -3.85. The van der Waals surface area contributed by atoms with E-state index in [1.165, 1.54) is 6.08 Å². The summed E-state index contributed by atoms with van der Waals surface area (Å²) in [5.41, 5.74) is 4.21. The Balaban J connectivity index is 1.82. The van der Waals surface area contributed by atoms with Crippen molar-refractivity contribution in [1.29, 1.82) is 5.26 Å². The van der Waals surface area contributed by atoms with Gasteiger partial charge in [-0.3, -0.25) is 14.8 Å². The minimum absolute atomic E-state index is 0.0664. The predicted octanol–water partition coefficient (Wildman–Crippen LogP) is 4.17. The number of halogens is 1. The van der Waals surface area contributed by atoms with Crippen LogP contribution >= 0.6 is 0 Å². The number of hydrogen-bond acceptors (Lipinski definition) is 4. The van der Waals surface area contributed by atoms with E-state index in [0.717, 1.165) is 22.6 Å². The van der Waals surface area contributed by atoms with E-state index in [1.54, 1.807) is 30.6 Å². The maximum absolute atomic E-state index is 13.0. The van der Waals surface area contributed by atoms with Crippen molar-refractivity contribution in [2.24, 2.45) is 0 Å². The Morgan fingerprint density at radius 2 is 2.14 bits per heavy atom. The van der Waals surface area contributed by atoms with Crippen LogP contribution in [-0.4, -0.2) is 22.4 Å². The molecule has 0 radical (unpaired) electrons. The Morgan fingerprint density at radius 3 is 2.90 bits per heavy atom. The van der Waals surface area contributed by atoms with E-state index in [1.807, 2.05) is 19.1 Å². The highest BCUT2D eigenvalue weighted by molar-refractivity contribution is 5.94. The van der Waals surface area contributed by atoms with Gasteiger partial charge in [-0.2, -0.15) is 5.26 Å². The van der Waals surface area contributed by atoms with E-state index in [-0.39, 0.29) is 12.5 Å². The van der Waals surface area contributed by atoms with Gasteiger partial charge in [0.2, 0.25) is 0 Å². The number of amides is 1. The van der Waals surface area contributed by atoms with Crippen LogP contribution in [-0.2, 0) is 6.42 Å². The molecule has 0 aliphatic heterocycles. The molecule has 0 spiro atoms. The summed E-state index contributed by atoms with van der Waals surface area (Å²) in [6.45, 7) is 5.33. The van der Waals surface area contributed by atoms with Crippen molar-refractivity contribution in [3.05, 3.63) is 95.2 Å². The largest absolute Gasteiger partial charge is 0.348 e. The first-order valence-corrected chi connectivity index (χ1v) is 9.00. The molecule has 0 atom stereocenters. The number of nitriles is 1. The third-order valence-electron chi connectivity index (χ3n) is 4.32. The number of carbonyl (C=O) groups is 1. The molecule has 144 valence electrons. The second kappa shape index (κ2) is 8.89. The molecule has 1 aromatic carbocycles. The van der Waals surface area contributed by atoms with Crippen molar-refractivity contribution >= 4 is 16.8 Å². The van der Waals surface area contributed by atoms with Crippen LogP contribution in [0.5, 0.6) is 0 Å². The topological polar surface area (TPSA) is 78.7 Å². The maximum atomic E-state index is 13.0. The second-order valence-corrected chi connectivity index (χ2v) is 6.56. The number of rotatable bonds is 6. The number of fused-ring (bicyclic) bond motifs is 1. The van der Waals surface area contributed by atoms with Gasteiger partial charge in [-0.15, -0.1) is 0 Å². The molecule has 0 unspecified atom stereocenters. The molecule has 0 fully saturated rings. The first-order chi connectivity index (χ1) is 14.0. The highest BCUT2D eigenvalue weighted by Gasteiger charge is 2.10. The molecule has 0 saturated carbocycles. The lowest BCUT2D eigenvalue weighted by Crippen LogP contribution is -2.23. The minimum Gasteiger partial charge on any atom is -0.348 e. The van der Waals surface area contributed by atoms with Gasteiger partial charge < -0.3 is 5.32 Å². The smallest absolute Gasteiger partial charge is 0.251 e. The number of aryl methyl sites for hydroxylation is 1. The van der Waals surface area contributed by atoms with Gasteiger partial charge in [-0.1, -0.05) is 6.58 Å². The molecular formula is C23H19FN4O. The summed E-state index contributed by atoms with van der Waals surface area (Å²) in [6.07, 6.45) is 6.07. The highest BCUT2D eigenvalue weighted by atomic mass is 19.1. The van der Waals surface area contributed by atoms with Gasteiger partial charge in [0.1, 0.15) is 11.9 Å². The quantitative estimate of drug-likeness (QED) is 0.645. The summed E-state index contributed by atoms with van der Waals surface area (Å²) in [5.74, 6) is -0.812. The van der Waals surface area contributed by atoms with E-state index >= 15 is 0 Å². The Labute approximate surface area is 168 Å². The number of nitrogens with zero attached hydrogens (tertiary/aromatic N) is 3. The van der Waals surface area contributed by atoms with Gasteiger partial charge in [-0.25, -0.2) is 4.39 Å². The number of carbonyl (C=O) groups excluding carboxylic acids is 1. The number of nitrogens with one attached hydrogen (secondary N) is 1. The number of aromatic nitrogens is 2. The van der Waals surface area contributed by atoms with Crippen LogP contribution in [0.2, 0.25) is 0 Å². The van der Waals surface area contributed by atoms with E-state index < -0.39 is 5.83 Å². The molecule has 3 aromatic rings. The molecule has 0 aliphatic rings. The fraction of sp³-hybridized carbons (Fsp3) is 0.130. The number of pyridine rings is 2. The maximum Gasteiger partial charge on any atom is 0.251 e. The van der Waals surface area contributed by atoms with Gasteiger partial charge >= 0.3 is 0 Å². The average Bonchev–Trinajstić information content (AvgIpc) is 2.72. The summed E-state index contributed by atoms with van der Waals surface area (Å²) in [7, 11) is 0. The number of benzene rings is 1. The molecule has 0 saturated heterocycles. The molecule has 1 N–H and O–H groups in total. The van der Waals surface area contributed by atoms with Crippen molar-refractivity contribution in [2.75, 3.05) is 6.54 Å². The van der Waals surface area contributed by atoms with Crippen LogP contribution in [0, 0.1) is 18.3 Å². The number of hydrogen-bond donors (Lipinski definition) is 1. The van der Waals surface area contributed by atoms with Crippen LogP contribution in [0.25, 0.3) is 10.9 Å². The third kappa shape index (κ3) is 4.90. The fourth-order valence-corrected chi connectivity index (χ4v) is 2.96. The van der Waals surface area contributed by atoms with Crippen molar-refractivity contribution < 1.29 is 9.18 Å². The highest BCUT2D eigenvalue weighted by Crippen LogP contribution is 2.21. The van der Waals surface area contributed by atoms with Crippen LogP contribution in [0.15, 0.2) is 67.3 Å². The van der Waals surface area contributed by atoms with Gasteiger partial charge in [-0.05, 0) is 60.5 Å². The lowest BCUT2D eigenvalue weighted by Gasteiger charge is -2.08. The van der Waals surface area contributed by atoms with Crippen LogP contribution in [0.3, 0.4) is 0 Å². The average molecular weight is 386 g/mol. The summed E-state index contributed by atoms with van der Waals surface area (Å²) >= 11 is 0. The normalized spacial score (nSPS) is 11.1. The van der Waals surface area contributed by atoms with Gasteiger partial charge in [0, 0.05) is 42.0 Å². The predicted molar refractivity (Wildman–Crippen MR) is 110 cm³/mol. The number of allylic oxidation sites excluding steroid dienone is 2. The molecule has 6 heteroatoms. The Morgan fingerprint density at radius 1 is 1.31 bits per heavy atom. The molecule has 3 rings (SSSR count). The van der Waals surface area contributed by atoms with Gasteiger partial charge in [0.15, 0.2) is 0 Å². The standard InChI is InChI=1S/C23H19FN4O/c1-3-20(24)5-7-27-23(29)17-4-6-26-21(12-17)11-16-9-18-8-15(2)14-28-22(18)19(10-16)13-25/h3-6,8-10,12,14H,1,7,11H2,2H3,(H,27,29)/b20-5-. The lowest BCUT2D eigenvalue weighted by molar-refractivity contribution is 0.0957. The molecular weight excluding hydrogens is 367 g/mol. The zero-order valence-corrected chi connectivity index (χ0v) is 15.9. The summed E-state index contributed by atoms with van der Waals surface area (Å²) in [5, 5.41) is 13.0. The van der Waals surface area contributed by atoms with Crippen molar-refractivity contribution in [3.8, 4) is 6.07 Å². The van der Waals surface area contributed by atoms with Crippen molar-refractivity contribution in [2.45, 2.75) is 13.3 Å². The van der Waals surface area contributed by atoms with Crippen molar-refractivity contribution in [3.63, 3.8) is 0 Å². The van der Waals surface area contributed by atoms with E-state index in [0.29, 0.717) is 28.8 Å². The Bertz CT molecular complexity index is 1160. The first-order valence-electron chi connectivity index (χ1n) is 9.00. The molecule has 29 heavy (non-hydrogen) atoms. The van der Waals surface area contributed by atoms with E-state index in [2.05, 4.69) is 27.9 Å². The molecule has 0 aliphatic carbocycles. The van der Waals surface area contributed by atoms with Crippen molar-refractivity contribution in [1.82, 2.24) is 15.3 Å². The van der Waals surface area contributed by atoms with E-state index in [4.69, 9.17) is 0 Å². The van der Waals surface area contributed by atoms with Crippen LogP contribution in [0.1, 0.15) is 32.7 Å².